The van der Waals surface area contributed by atoms with Crippen molar-refractivity contribution < 1.29 is 13.2 Å². The average Bonchev–Trinajstić information content (AvgIpc) is 3.30. The van der Waals surface area contributed by atoms with Crippen LogP contribution in [0.15, 0.2) is 91.3 Å². The summed E-state index contributed by atoms with van der Waals surface area (Å²) in [4.78, 5) is 5.00. The van der Waals surface area contributed by atoms with Crippen molar-refractivity contribution in [1.29, 1.82) is 0 Å². The second-order valence-corrected chi connectivity index (χ2v) is 9.36. The molecule has 1 fully saturated rings. The molecule has 180 valence electrons. The van der Waals surface area contributed by atoms with Crippen LogP contribution in [0.1, 0.15) is 30.4 Å². The van der Waals surface area contributed by atoms with E-state index in [-0.39, 0.29) is 5.54 Å². The van der Waals surface area contributed by atoms with Gasteiger partial charge in [-0.15, -0.1) is 0 Å². The molecule has 2 N–H and O–H groups in total. The first-order chi connectivity index (χ1) is 17.3. The van der Waals surface area contributed by atoms with E-state index in [1.807, 2.05) is 48.7 Å². The maximum Gasteiger partial charge on any atom is 0.416 e. The topological polar surface area (TPSA) is 56.2 Å². The lowest BCUT2D eigenvalue weighted by Gasteiger charge is -2.38. The molecule has 0 unspecified atom stereocenters. The molecule has 1 saturated carbocycles. The minimum Gasteiger partial charge on any atom is -0.321 e. The highest BCUT2D eigenvalue weighted by Gasteiger charge is 2.34. The molecule has 5 aromatic rings. The fourth-order valence-corrected chi connectivity index (χ4v) is 4.81. The van der Waals surface area contributed by atoms with E-state index in [2.05, 4.69) is 17.2 Å². The fourth-order valence-electron chi connectivity index (χ4n) is 4.81. The van der Waals surface area contributed by atoms with Gasteiger partial charge >= 0.3 is 6.18 Å². The first kappa shape index (κ1) is 22.5. The Hall–Kier alpha value is -3.97. The summed E-state index contributed by atoms with van der Waals surface area (Å²) in [6, 6.07) is 23.2. The smallest absolute Gasteiger partial charge is 0.321 e. The minimum atomic E-state index is -4.39. The van der Waals surface area contributed by atoms with E-state index in [9.17, 15) is 13.2 Å². The molecular formula is C29H23F3N4. The Kier molecular flexibility index (Phi) is 5.19. The fraction of sp³-hybridized carbons (Fsp3) is 0.172. The number of hydrogen-bond acceptors (Lipinski definition) is 3. The highest BCUT2D eigenvalue weighted by atomic mass is 19.4. The summed E-state index contributed by atoms with van der Waals surface area (Å²) in [6.45, 7) is 0. The van der Waals surface area contributed by atoms with Gasteiger partial charge in [0.15, 0.2) is 5.65 Å². The molecule has 36 heavy (non-hydrogen) atoms. The number of hydrogen-bond donors (Lipinski definition) is 1. The van der Waals surface area contributed by atoms with Crippen LogP contribution in [0.2, 0.25) is 0 Å². The molecule has 0 atom stereocenters. The molecule has 0 spiro atoms. The molecule has 0 saturated heterocycles. The highest BCUT2D eigenvalue weighted by Crippen LogP contribution is 2.40. The largest absolute Gasteiger partial charge is 0.416 e. The van der Waals surface area contributed by atoms with Crippen LogP contribution in [0.25, 0.3) is 39.2 Å². The van der Waals surface area contributed by atoms with Crippen LogP contribution in [0, 0.1) is 0 Å². The average molecular weight is 485 g/mol. The number of nitrogens with zero attached hydrogens (tertiary/aromatic N) is 3. The van der Waals surface area contributed by atoms with Crippen LogP contribution >= 0.6 is 0 Å². The molecule has 6 rings (SSSR count). The van der Waals surface area contributed by atoms with Gasteiger partial charge in [0.05, 0.1) is 17.5 Å². The van der Waals surface area contributed by atoms with Crippen LogP contribution in [-0.2, 0) is 11.7 Å². The van der Waals surface area contributed by atoms with Gasteiger partial charge < -0.3 is 5.73 Å². The highest BCUT2D eigenvalue weighted by molar-refractivity contribution is 5.85. The summed E-state index contributed by atoms with van der Waals surface area (Å²) in [5.41, 5.74) is 12.2. The Morgan fingerprint density at radius 3 is 2.03 bits per heavy atom. The molecule has 0 amide bonds. The van der Waals surface area contributed by atoms with Gasteiger partial charge in [-0.05, 0) is 48.1 Å². The van der Waals surface area contributed by atoms with Gasteiger partial charge in [0.1, 0.15) is 0 Å². The first-order valence-corrected chi connectivity index (χ1v) is 11.8. The summed E-state index contributed by atoms with van der Waals surface area (Å²) in [5.74, 6) is 0. The van der Waals surface area contributed by atoms with E-state index in [4.69, 9.17) is 10.7 Å². The van der Waals surface area contributed by atoms with Crippen LogP contribution < -0.4 is 5.73 Å². The predicted molar refractivity (Wildman–Crippen MR) is 134 cm³/mol. The number of alkyl halides is 3. The Balaban J connectivity index is 1.49. The van der Waals surface area contributed by atoms with Crippen molar-refractivity contribution in [1.82, 2.24) is 14.6 Å². The molecule has 0 bridgehead atoms. The van der Waals surface area contributed by atoms with Crippen molar-refractivity contribution in [3.05, 3.63) is 102 Å². The number of benzene rings is 3. The van der Waals surface area contributed by atoms with Crippen LogP contribution in [-0.4, -0.2) is 14.6 Å². The Bertz CT molecular complexity index is 1530. The zero-order valence-corrected chi connectivity index (χ0v) is 19.3. The molecular weight excluding hydrogens is 461 g/mol. The third kappa shape index (κ3) is 3.85. The number of fused-ring (bicyclic) bond motifs is 1. The standard InChI is InChI=1S/C29H23F3N4/c30-29(31,32)23-13-7-20(8-14-23)24-17-34-36-18-25(19-5-2-1-3-6-19)26(35-27(24)36)21-9-11-22(12-10-21)28(33)15-4-16-28/h1-3,5-14,17-18H,4,15-16,33H2. The maximum absolute atomic E-state index is 13.1. The molecule has 2 heterocycles. The molecule has 1 aliphatic carbocycles. The molecule has 0 aliphatic heterocycles. The molecule has 1 aliphatic rings. The van der Waals surface area contributed by atoms with Crippen molar-refractivity contribution in [2.24, 2.45) is 5.73 Å². The van der Waals surface area contributed by atoms with E-state index >= 15 is 0 Å². The van der Waals surface area contributed by atoms with Gasteiger partial charge in [-0.25, -0.2) is 9.50 Å². The normalized spacial score (nSPS) is 15.1. The maximum atomic E-state index is 13.1. The van der Waals surface area contributed by atoms with Crippen molar-refractivity contribution in [2.45, 2.75) is 31.0 Å². The van der Waals surface area contributed by atoms with E-state index < -0.39 is 11.7 Å². The lowest BCUT2D eigenvalue weighted by atomic mass is 9.72. The lowest BCUT2D eigenvalue weighted by Crippen LogP contribution is -2.43. The van der Waals surface area contributed by atoms with Crippen molar-refractivity contribution in [2.75, 3.05) is 0 Å². The van der Waals surface area contributed by atoms with E-state index in [0.717, 1.165) is 59.3 Å². The van der Waals surface area contributed by atoms with Crippen molar-refractivity contribution in [3.63, 3.8) is 0 Å². The van der Waals surface area contributed by atoms with Gasteiger partial charge in [-0.3, -0.25) is 0 Å². The number of rotatable bonds is 4. The zero-order valence-electron chi connectivity index (χ0n) is 19.3. The van der Waals surface area contributed by atoms with Gasteiger partial charge in [-0.2, -0.15) is 18.3 Å². The van der Waals surface area contributed by atoms with Crippen molar-refractivity contribution >= 4 is 5.65 Å². The van der Waals surface area contributed by atoms with Gasteiger partial charge in [0.2, 0.25) is 0 Å². The SMILES string of the molecule is NC1(c2ccc(-c3nc4c(-c5ccc(C(F)(F)F)cc5)cnn4cc3-c3ccccc3)cc2)CCC1. The lowest BCUT2D eigenvalue weighted by molar-refractivity contribution is -0.137. The number of halogens is 3. The molecule has 4 nitrogen and oxygen atoms in total. The Morgan fingerprint density at radius 2 is 1.42 bits per heavy atom. The van der Waals surface area contributed by atoms with E-state index in [1.54, 1.807) is 10.7 Å². The van der Waals surface area contributed by atoms with Gasteiger partial charge in [0.25, 0.3) is 0 Å². The number of aromatic nitrogens is 3. The molecule has 7 heteroatoms. The van der Waals surface area contributed by atoms with E-state index in [0.29, 0.717) is 16.8 Å². The quantitative estimate of drug-likeness (QED) is 0.296. The minimum absolute atomic E-state index is 0.251. The second-order valence-electron chi connectivity index (χ2n) is 9.36. The third-order valence-electron chi connectivity index (χ3n) is 7.08. The molecule has 2 aromatic heterocycles. The Labute approximate surface area is 206 Å². The predicted octanol–water partition coefficient (Wildman–Crippen LogP) is 7.09. The zero-order chi connectivity index (χ0) is 24.9. The third-order valence-corrected chi connectivity index (χ3v) is 7.08. The van der Waals surface area contributed by atoms with Crippen LogP contribution in [0.3, 0.4) is 0 Å². The number of nitrogens with two attached hydrogens (primary N) is 1. The van der Waals surface area contributed by atoms with Gasteiger partial charge in [0, 0.05) is 28.4 Å². The Morgan fingerprint density at radius 1 is 0.778 bits per heavy atom. The van der Waals surface area contributed by atoms with Crippen molar-refractivity contribution in [3.8, 4) is 33.5 Å². The summed E-state index contributed by atoms with van der Waals surface area (Å²) in [7, 11) is 0. The van der Waals surface area contributed by atoms with Gasteiger partial charge in [-0.1, -0.05) is 66.7 Å². The van der Waals surface area contributed by atoms with Crippen LogP contribution in [0.4, 0.5) is 13.2 Å². The van der Waals surface area contributed by atoms with Crippen LogP contribution in [0.5, 0.6) is 0 Å². The summed E-state index contributed by atoms with van der Waals surface area (Å²) < 4.78 is 40.8. The summed E-state index contributed by atoms with van der Waals surface area (Å²) in [6.07, 6.45) is 2.29. The molecule has 0 radical (unpaired) electrons. The summed E-state index contributed by atoms with van der Waals surface area (Å²) >= 11 is 0. The van der Waals surface area contributed by atoms with E-state index in [1.165, 1.54) is 12.1 Å². The first-order valence-electron chi connectivity index (χ1n) is 11.8. The molecule has 3 aromatic carbocycles. The summed E-state index contributed by atoms with van der Waals surface area (Å²) in [5, 5.41) is 4.47. The second kappa shape index (κ2) is 8.31. The monoisotopic (exact) mass is 484 g/mol.